The lowest BCUT2D eigenvalue weighted by Gasteiger charge is -2.32. The fourth-order valence-electron chi connectivity index (χ4n) is 4.22. The van der Waals surface area contributed by atoms with Crippen LogP contribution in [0.4, 0.5) is 0 Å². The Morgan fingerprint density at radius 3 is 2.68 bits per heavy atom. The van der Waals surface area contributed by atoms with E-state index in [-0.39, 0.29) is 6.04 Å². The number of carbonyl (C=O) groups is 2. The topological polar surface area (TPSA) is 97.9 Å². The van der Waals surface area contributed by atoms with Crippen molar-refractivity contribution >= 4 is 11.8 Å². The van der Waals surface area contributed by atoms with Crippen LogP contribution in [0.2, 0.25) is 0 Å². The van der Waals surface area contributed by atoms with Crippen molar-refractivity contribution in [1.29, 1.82) is 0 Å². The normalized spacial score (nSPS) is 20.1. The maximum Gasteiger partial charge on any atom is 0.311 e. The Morgan fingerprint density at radius 1 is 1.21 bits per heavy atom. The summed E-state index contributed by atoms with van der Waals surface area (Å²) in [6.45, 7) is 3.88. The molecule has 9 heteroatoms. The second kappa shape index (κ2) is 7.73. The average molecular weight is 385 g/mol. The zero-order chi connectivity index (χ0) is 19.7. The number of hydrogen-bond donors (Lipinski definition) is 1. The molecule has 2 aliphatic rings. The molecule has 28 heavy (non-hydrogen) atoms. The lowest BCUT2D eigenvalue weighted by molar-refractivity contribution is -0.147. The van der Waals surface area contributed by atoms with Crippen LogP contribution in [0.25, 0.3) is 0 Å². The predicted octanol–water partition coefficient (Wildman–Crippen LogP) is 0.411. The quantitative estimate of drug-likeness (QED) is 0.772. The third kappa shape index (κ3) is 3.65. The Kier molecular flexibility index (Phi) is 5.15. The number of piperidine rings is 1. The Bertz CT molecular complexity index is 850. The highest BCUT2D eigenvalue weighted by Crippen LogP contribution is 2.27. The Hall–Kier alpha value is -2.71. The summed E-state index contributed by atoms with van der Waals surface area (Å²) in [5.74, 6) is 1.37. The van der Waals surface area contributed by atoms with Crippen LogP contribution in [0, 0.1) is 0 Å². The molecule has 0 radical (unpaired) electrons. The number of nitrogens with one attached hydrogen (secondary N) is 1. The second-order valence-electron chi connectivity index (χ2n) is 7.72. The van der Waals surface area contributed by atoms with Gasteiger partial charge in [-0.1, -0.05) is 6.92 Å². The SMILES string of the molecule is CCc1nnc2n1CC(NC(=O)C(=O)N1CCC(c3cnn(C)c3)CC1)CC2. The molecule has 0 aromatic carbocycles. The summed E-state index contributed by atoms with van der Waals surface area (Å²) in [7, 11) is 1.91. The number of hydrogen-bond acceptors (Lipinski definition) is 5. The number of aromatic nitrogens is 5. The highest BCUT2D eigenvalue weighted by atomic mass is 16.2. The molecular formula is C19H27N7O2. The van der Waals surface area contributed by atoms with Crippen molar-refractivity contribution in [1.82, 2.24) is 34.8 Å². The van der Waals surface area contributed by atoms with Crippen molar-refractivity contribution in [2.45, 2.75) is 57.5 Å². The number of fused-ring (bicyclic) bond motifs is 1. The zero-order valence-electron chi connectivity index (χ0n) is 16.5. The van der Waals surface area contributed by atoms with E-state index in [1.807, 2.05) is 26.4 Å². The van der Waals surface area contributed by atoms with Gasteiger partial charge < -0.3 is 14.8 Å². The molecule has 4 rings (SSSR count). The van der Waals surface area contributed by atoms with Crippen LogP contribution in [0.15, 0.2) is 12.4 Å². The van der Waals surface area contributed by atoms with E-state index in [0.717, 1.165) is 43.8 Å². The largest absolute Gasteiger partial charge is 0.343 e. The lowest BCUT2D eigenvalue weighted by Crippen LogP contribution is -2.50. The molecule has 0 spiro atoms. The van der Waals surface area contributed by atoms with E-state index in [4.69, 9.17) is 0 Å². The molecule has 0 bridgehead atoms. The monoisotopic (exact) mass is 385 g/mol. The van der Waals surface area contributed by atoms with Gasteiger partial charge >= 0.3 is 11.8 Å². The van der Waals surface area contributed by atoms with Crippen molar-refractivity contribution in [3.05, 3.63) is 29.6 Å². The van der Waals surface area contributed by atoms with Crippen LogP contribution in [-0.2, 0) is 36.0 Å². The van der Waals surface area contributed by atoms with Gasteiger partial charge in [0.1, 0.15) is 11.6 Å². The van der Waals surface area contributed by atoms with Crippen LogP contribution in [0.3, 0.4) is 0 Å². The second-order valence-corrected chi connectivity index (χ2v) is 7.72. The smallest absolute Gasteiger partial charge is 0.311 e. The summed E-state index contributed by atoms with van der Waals surface area (Å²) in [5, 5.41) is 15.5. The van der Waals surface area contributed by atoms with Crippen molar-refractivity contribution < 1.29 is 9.59 Å². The summed E-state index contributed by atoms with van der Waals surface area (Å²) in [6.07, 6.45) is 7.99. The van der Waals surface area contributed by atoms with E-state index in [9.17, 15) is 9.59 Å². The summed E-state index contributed by atoms with van der Waals surface area (Å²) in [5.41, 5.74) is 1.21. The van der Waals surface area contributed by atoms with Crippen LogP contribution < -0.4 is 5.32 Å². The highest BCUT2D eigenvalue weighted by Gasteiger charge is 2.30. The maximum atomic E-state index is 12.6. The molecule has 1 unspecified atom stereocenters. The lowest BCUT2D eigenvalue weighted by atomic mass is 9.91. The number of aryl methyl sites for hydroxylation is 3. The zero-order valence-corrected chi connectivity index (χ0v) is 16.5. The molecule has 1 atom stereocenters. The molecular weight excluding hydrogens is 358 g/mol. The summed E-state index contributed by atoms with van der Waals surface area (Å²) in [4.78, 5) is 26.8. The number of likely N-dealkylation sites (tertiary alicyclic amines) is 1. The van der Waals surface area contributed by atoms with E-state index < -0.39 is 11.8 Å². The first-order chi connectivity index (χ1) is 13.5. The van der Waals surface area contributed by atoms with Crippen molar-refractivity contribution in [3.63, 3.8) is 0 Å². The third-order valence-electron chi connectivity index (χ3n) is 5.85. The Morgan fingerprint density at radius 2 is 2.00 bits per heavy atom. The average Bonchev–Trinajstić information content (AvgIpc) is 3.33. The Labute approximate surface area is 164 Å². The van der Waals surface area contributed by atoms with Crippen LogP contribution in [0.5, 0.6) is 0 Å². The van der Waals surface area contributed by atoms with Gasteiger partial charge in [-0.25, -0.2) is 0 Å². The molecule has 4 heterocycles. The summed E-state index contributed by atoms with van der Waals surface area (Å²) < 4.78 is 3.87. The minimum absolute atomic E-state index is 0.0572. The van der Waals surface area contributed by atoms with Gasteiger partial charge in [-0.15, -0.1) is 10.2 Å². The van der Waals surface area contributed by atoms with E-state index in [2.05, 4.69) is 25.2 Å². The van der Waals surface area contributed by atoms with Crippen molar-refractivity contribution in [3.8, 4) is 0 Å². The number of amides is 2. The van der Waals surface area contributed by atoms with E-state index >= 15 is 0 Å². The predicted molar refractivity (Wildman–Crippen MR) is 101 cm³/mol. The third-order valence-corrected chi connectivity index (χ3v) is 5.85. The maximum absolute atomic E-state index is 12.6. The van der Waals surface area contributed by atoms with E-state index in [1.54, 1.807) is 9.58 Å². The molecule has 1 fully saturated rings. The number of nitrogens with zero attached hydrogens (tertiary/aromatic N) is 6. The van der Waals surface area contributed by atoms with Gasteiger partial charge in [-0.2, -0.15) is 5.10 Å². The number of carbonyl (C=O) groups excluding carboxylic acids is 2. The van der Waals surface area contributed by atoms with Gasteiger partial charge in [-0.3, -0.25) is 14.3 Å². The minimum atomic E-state index is -0.501. The molecule has 1 saturated heterocycles. The first-order valence-electron chi connectivity index (χ1n) is 10.0. The summed E-state index contributed by atoms with van der Waals surface area (Å²) in [6, 6.07) is -0.0572. The van der Waals surface area contributed by atoms with Gasteiger partial charge in [0.25, 0.3) is 0 Å². The highest BCUT2D eigenvalue weighted by molar-refractivity contribution is 6.35. The molecule has 2 aromatic rings. The molecule has 2 amide bonds. The van der Waals surface area contributed by atoms with Crippen LogP contribution in [0.1, 0.15) is 49.3 Å². The molecule has 0 aliphatic carbocycles. The van der Waals surface area contributed by atoms with E-state index in [0.29, 0.717) is 25.6 Å². The summed E-state index contributed by atoms with van der Waals surface area (Å²) >= 11 is 0. The number of rotatable bonds is 3. The Balaban J connectivity index is 1.30. The van der Waals surface area contributed by atoms with Crippen molar-refractivity contribution in [2.75, 3.05) is 13.1 Å². The van der Waals surface area contributed by atoms with Crippen LogP contribution >= 0.6 is 0 Å². The first-order valence-corrected chi connectivity index (χ1v) is 10.0. The minimum Gasteiger partial charge on any atom is -0.343 e. The molecule has 2 aromatic heterocycles. The van der Waals surface area contributed by atoms with Gasteiger partial charge in [0.2, 0.25) is 0 Å². The fourth-order valence-corrected chi connectivity index (χ4v) is 4.22. The van der Waals surface area contributed by atoms with Gasteiger partial charge in [0, 0.05) is 51.8 Å². The van der Waals surface area contributed by atoms with Gasteiger partial charge in [0.05, 0.1) is 6.20 Å². The van der Waals surface area contributed by atoms with Crippen LogP contribution in [-0.4, -0.2) is 60.4 Å². The standard InChI is InChI=1S/C19H27N7O2/c1-3-16-22-23-17-5-4-15(12-26(16)17)21-18(27)19(28)25-8-6-13(7-9-25)14-10-20-24(2)11-14/h10-11,13,15H,3-9,12H2,1-2H3,(H,21,27). The van der Waals surface area contributed by atoms with Gasteiger partial charge in [0.15, 0.2) is 0 Å². The molecule has 150 valence electrons. The fraction of sp³-hybridized carbons (Fsp3) is 0.632. The van der Waals surface area contributed by atoms with E-state index in [1.165, 1.54) is 5.56 Å². The van der Waals surface area contributed by atoms with Crippen molar-refractivity contribution in [2.24, 2.45) is 7.05 Å². The molecule has 2 aliphatic heterocycles. The van der Waals surface area contributed by atoms with Gasteiger partial charge in [-0.05, 0) is 30.7 Å². The molecule has 0 saturated carbocycles. The molecule has 1 N–H and O–H groups in total. The molecule has 9 nitrogen and oxygen atoms in total. The first kappa shape index (κ1) is 18.6.